The van der Waals surface area contributed by atoms with Crippen LogP contribution in [0.2, 0.25) is 0 Å². The van der Waals surface area contributed by atoms with Crippen molar-refractivity contribution in [2.75, 3.05) is 6.61 Å². The Kier molecular flexibility index (Phi) is 23.7. The van der Waals surface area contributed by atoms with E-state index in [1.54, 1.807) is 6.08 Å². The zero-order valence-electron chi connectivity index (χ0n) is 21.4. The number of carbonyl (C=O) groups excluding carboxylic acids is 1. The minimum Gasteiger partial charge on any atom is -0.394 e. The van der Waals surface area contributed by atoms with Crippen LogP contribution in [0, 0.1) is 0 Å². The van der Waals surface area contributed by atoms with Crippen molar-refractivity contribution in [3.8, 4) is 0 Å². The van der Waals surface area contributed by atoms with Crippen LogP contribution in [0.15, 0.2) is 48.6 Å². The van der Waals surface area contributed by atoms with Crippen molar-refractivity contribution in [2.24, 2.45) is 0 Å². The average molecular weight is 462 g/mol. The van der Waals surface area contributed by atoms with Crippen LogP contribution in [-0.4, -0.2) is 34.9 Å². The fourth-order valence-corrected chi connectivity index (χ4v) is 3.37. The average Bonchev–Trinajstić information content (AvgIpc) is 2.82. The second-order valence-electron chi connectivity index (χ2n) is 8.73. The Hall–Kier alpha value is -1.65. The van der Waals surface area contributed by atoms with Crippen molar-refractivity contribution >= 4 is 5.91 Å². The van der Waals surface area contributed by atoms with Crippen molar-refractivity contribution < 1.29 is 15.0 Å². The molecular weight excluding hydrogens is 410 g/mol. The standard InChI is InChI=1S/C29H51NO3/c1-3-5-7-9-11-13-14-15-17-18-20-22-24-28(32)27(26-31)30-29(33)25-23-21-19-16-12-10-8-6-4-2/h9,11,15-17,19,22,24,27-28,31-32H,3-8,10,12-14,18,20-21,23,25-26H2,1-2H3,(H,30,33)/b11-9+,17-15+,19-16-,24-22+. The molecule has 0 aliphatic heterocycles. The number of hydrogen-bond acceptors (Lipinski definition) is 3. The maximum atomic E-state index is 12.1. The number of amides is 1. The number of rotatable bonds is 22. The topological polar surface area (TPSA) is 69.6 Å². The lowest BCUT2D eigenvalue weighted by atomic mass is 10.1. The number of nitrogens with one attached hydrogen (secondary N) is 1. The summed E-state index contributed by atoms with van der Waals surface area (Å²) in [6.45, 7) is 4.15. The second-order valence-corrected chi connectivity index (χ2v) is 8.73. The van der Waals surface area contributed by atoms with Gasteiger partial charge < -0.3 is 15.5 Å². The van der Waals surface area contributed by atoms with Gasteiger partial charge in [-0.25, -0.2) is 0 Å². The monoisotopic (exact) mass is 461 g/mol. The van der Waals surface area contributed by atoms with E-state index in [0.717, 1.165) is 44.9 Å². The zero-order chi connectivity index (χ0) is 24.4. The van der Waals surface area contributed by atoms with E-state index < -0.39 is 12.1 Å². The van der Waals surface area contributed by atoms with E-state index in [1.807, 2.05) is 6.08 Å². The molecule has 0 heterocycles. The van der Waals surface area contributed by atoms with Crippen LogP contribution in [0.1, 0.15) is 110 Å². The van der Waals surface area contributed by atoms with Gasteiger partial charge in [0, 0.05) is 6.42 Å². The van der Waals surface area contributed by atoms with Gasteiger partial charge >= 0.3 is 0 Å². The second kappa shape index (κ2) is 25.0. The fraction of sp³-hybridized carbons (Fsp3) is 0.690. The molecule has 0 aliphatic rings. The van der Waals surface area contributed by atoms with E-state index in [4.69, 9.17) is 0 Å². The summed E-state index contributed by atoms with van der Waals surface area (Å²) in [7, 11) is 0. The molecular formula is C29H51NO3. The fourth-order valence-electron chi connectivity index (χ4n) is 3.37. The minimum atomic E-state index is -0.876. The number of aliphatic hydroxyl groups excluding tert-OH is 2. The first-order valence-electron chi connectivity index (χ1n) is 13.4. The summed E-state index contributed by atoms with van der Waals surface area (Å²) in [6.07, 6.45) is 31.8. The summed E-state index contributed by atoms with van der Waals surface area (Å²) < 4.78 is 0. The third kappa shape index (κ3) is 21.9. The predicted molar refractivity (Wildman–Crippen MR) is 142 cm³/mol. The van der Waals surface area contributed by atoms with E-state index in [-0.39, 0.29) is 12.5 Å². The lowest BCUT2D eigenvalue weighted by molar-refractivity contribution is -0.122. The molecule has 0 spiro atoms. The summed E-state index contributed by atoms with van der Waals surface area (Å²) in [4.78, 5) is 12.1. The van der Waals surface area contributed by atoms with Gasteiger partial charge in [0.1, 0.15) is 0 Å². The number of hydrogen-bond donors (Lipinski definition) is 3. The first-order chi connectivity index (χ1) is 16.2. The molecule has 0 aromatic heterocycles. The van der Waals surface area contributed by atoms with Crippen molar-refractivity contribution in [3.05, 3.63) is 48.6 Å². The first kappa shape index (κ1) is 31.4. The largest absolute Gasteiger partial charge is 0.394 e. The maximum Gasteiger partial charge on any atom is 0.220 e. The Morgan fingerprint density at radius 2 is 1.21 bits per heavy atom. The molecule has 33 heavy (non-hydrogen) atoms. The third-order valence-electron chi connectivity index (χ3n) is 5.51. The van der Waals surface area contributed by atoms with Crippen LogP contribution in [0.4, 0.5) is 0 Å². The lowest BCUT2D eigenvalue weighted by Gasteiger charge is -2.19. The molecule has 0 rings (SSSR count). The smallest absolute Gasteiger partial charge is 0.220 e. The Labute approximate surface area is 203 Å². The SMILES string of the molecule is CCCC/C=C/CC/C=C/CC/C=C/C(O)C(CO)NC(=O)CCC/C=C\CCCCCC. The van der Waals surface area contributed by atoms with Gasteiger partial charge in [-0.1, -0.05) is 94.6 Å². The van der Waals surface area contributed by atoms with Crippen molar-refractivity contribution in [1.82, 2.24) is 5.32 Å². The highest BCUT2D eigenvalue weighted by atomic mass is 16.3. The van der Waals surface area contributed by atoms with Gasteiger partial charge in [-0.15, -0.1) is 0 Å². The molecule has 4 heteroatoms. The molecule has 0 aromatic rings. The number of aliphatic hydroxyl groups is 2. The quantitative estimate of drug-likeness (QED) is 0.121. The van der Waals surface area contributed by atoms with Crippen LogP contribution in [0.3, 0.4) is 0 Å². The molecule has 4 nitrogen and oxygen atoms in total. The predicted octanol–water partition coefficient (Wildman–Crippen LogP) is 6.94. The van der Waals surface area contributed by atoms with Gasteiger partial charge in [0.2, 0.25) is 5.91 Å². The third-order valence-corrected chi connectivity index (χ3v) is 5.51. The number of allylic oxidation sites excluding steroid dienone is 7. The van der Waals surface area contributed by atoms with Gasteiger partial charge in [0.25, 0.3) is 0 Å². The van der Waals surface area contributed by atoms with Gasteiger partial charge in [0.15, 0.2) is 0 Å². The van der Waals surface area contributed by atoms with E-state index in [2.05, 4.69) is 55.6 Å². The van der Waals surface area contributed by atoms with Crippen LogP contribution < -0.4 is 5.32 Å². The molecule has 1 amide bonds. The summed E-state index contributed by atoms with van der Waals surface area (Å²) in [5.74, 6) is -0.121. The molecule has 0 bridgehead atoms. The molecule has 0 saturated carbocycles. The Morgan fingerprint density at radius 3 is 1.79 bits per heavy atom. The molecule has 0 radical (unpaired) electrons. The molecule has 3 N–H and O–H groups in total. The highest BCUT2D eigenvalue weighted by Gasteiger charge is 2.17. The van der Waals surface area contributed by atoms with E-state index in [1.165, 1.54) is 44.9 Å². The first-order valence-corrected chi connectivity index (χ1v) is 13.4. The van der Waals surface area contributed by atoms with Crippen molar-refractivity contribution in [2.45, 2.75) is 122 Å². The molecule has 190 valence electrons. The lowest BCUT2D eigenvalue weighted by Crippen LogP contribution is -2.45. The number of carbonyl (C=O) groups is 1. The van der Waals surface area contributed by atoms with Crippen molar-refractivity contribution in [3.63, 3.8) is 0 Å². The molecule has 0 fully saturated rings. The summed E-state index contributed by atoms with van der Waals surface area (Å²) in [6, 6.07) is -0.655. The van der Waals surface area contributed by atoms with Crippen LogP contribution >= 0.6 is 0 Å². The van der Waals surface area contributed by atoms with Crippen molar-refractivity contribution in [1.29, 1.82) is 0 Å². The van der Waals surface area contributed by atoms with E-state index in [9.17, 15) is 15.0 Å². The van der Waals surface area contributed by atoms with Crippen LogP contribution in [0.25, 0.3) is 0 Å². The summed E-state index contributed by atoms with van der Waals surface area (Å²) >= 11 is 0. The molecule has 0 aromatic carbocycles. The Bertz CT molecular complexity index is 551. The summed E-state index contributed by atoms with van der Waals surface area (Å²) in [5, 5.41) is 22.5. The molecule has 2 unspecified atom stereocenters. The molecule has 2 atom stereocenters. The van der Waals surface area contributed by atoms with Crippen LogP contribution in [-0.2, 0) is 4.79 Å². The van der Waals surface area contributed by atoms with E-state index >= 15 is 0 Å². The zero-order valence-corrected chi connectivity index (χ0v) is 21.4. The molecule has 0 saturated heterocycles. The van der Waals surface area contributed by atoms with E-state index in [0.29, 0.717) is 6.42 Å². The highest BCUT2D eigenvalue weighted by molar-refractivity contribution is 5.76. The Balaban J connectivity index is 3.91. The Morgan fingerprint density at radius 1 is 0.697 bits per heavy atom. The normalized spacial score (nSPS) is 14.2. The van der Waals surface area contributed by atoms with Gasteiger partial charge in [-0.05, 0) is 57.8 Å². The summed E-state index contributed by atoms with van der Waals surface area (Å²) in [5.41, 5.74) is 0. The van der Waals surface area contributed by atoms with Crippen LogP contribution in [0.5, 0.6) is 0 Å². The number of unbranched alkanes of at least 4 members (excludes halogenated alkanes) is 9. The minimum absolute atomic E-state index is 0.121. The molecule has 0 aliphatic carbocycles. The highest BCUT2D eigenvalue weighted by Crippen LogP contribution is 2.06. The van der Waals surface area contributed by atoms with Gasteiger partial charge in [-0.3, -0.25) is 4.79 Å². The van der Waals surface area contributed by atoms with Gasteiger partial charge in [-0.2, -0.15) is 0 Å². The van der Waals surface area contributed by atoms with Gasteiger partial charge in [0.05, 0.1) is 18.8 Å². The maximum absolute atomic E-state index is 12.1.